The lowest BCUT2D eigenvalue weighted by Crippen LogP contribution is -2.33. The van der Waals surface area contributed by atoms with Crippen LogP contribution < -0.4 is 0 Å². The van der Waals surface area contributed by atoms with Gasteiger partial charge >= 0.3 is 0 Å². The summed E-state index contributed by atoms with van der Waals surface area (Å²) in [4.78, 5) is 21.9. The average Bonchev–Trinajstić information content (AvgIpc) is 2.86. The van der Waals surface area contributed by atoms with Crippen LogP contribution in [0.1, 0.15) is 46.5 Å². The van der Waals surface area contributed by atoms with Crippen LogP contribution in [0.15, 0.2) is 71.8 Å². The van der Waals surface area contributed by atoms with Crippen molar-refractivity contribution in [1.29, 1.82) is 0 Å². The minimum Gasteiger partial charge on any atom is -0.337 e. The Morgan fingerprint density at radius 2 is 1.86 bits per heavy atom. The zero-order valence-electron chi connectivity index (χ0n) is 20.6. The number of pyridine rings is 1. The second-order valence-corrected chi connectivity index (χ2v) is 11.4. The summed E-state index contributed by atoms with van der Waals surface area (Å²) in [5, 5.41) is -0.965. The van der Waals surface area contributed by atoms with Crippen molar-refractivity contribution in [3.63, 3.8) is 0 Å². The smallest absolute Gasteiger partial charge is 0.224 e. The van der Waals surface area contributed by atoms with Crippen LogP contribution in [0.25, 0.3) is 0 Å². The van der Waals surface area contributed by atoms with Gasteiger partial charge in [0.05, 0.1) is 22.4 Å². The van der Waals surface area contributed by atoms with E-state index in [1.165, 1.54) is 5.56 Å². The van der Waals surface area contributed by atoms with Crippen LogP contribution in [-0.4, -0.2) is 49.2 Å². The molecule has 6 nitrogen and oxygen atoms in total. The molecule has 1 aromatic heterocycles. The van der Waals surface area contributed by atoms with Crippen LogP contribution in [0.4, 0.5) is 0 Å². The molecule has 2 heterocycles. The molecule has 0 N–H and O–H groups in total. The fraction of sp³-hybridized carbons (Fsp3) is 0.357. The van der Waals surface area contributed by atoms with E-state index in [-0.39, 0.29) is 17.2 Å². The molecule has 184 valence electrons. The van der Waals surface area contributed by atoms with Crippen LogP contribution in [0.3, 0.4) is 0 Å². The highest BCUT2D eigenvalue weighted by atomic mass is 32.2. The minimum absolute atomic E-state index is 0.122. The molecule has 1 amide bonds. The van der Waals surface area contributed by atoms with Crippen molar-refractivity contribution < 1.29 is 13.2 Å². The van der Waals surface area contributed by atoms with Crippen LogP contribution in [0, 0.1) is 6.92 Å². The Balaban J connectivity index is 1.67. The summed E-state index contributed by atoms with van der Waals surface area (Å²) in [6.07, 6.45) is 2.48. The van der Waals surface area contributed by atoms with E-state index < -0.39 is 15.1 Å². The van der Waals surface area contributed by atoms with Gasteiger partial charge in [0, 0.05) is 32.3 Å². The molecule has 0 fully saturated rings. The summed E-state index contributed by atoms with van der Waals surface area (Å²) in [6, 6.07) is 18.5. The van der Waals surface area contributed by atoms with Gasteiger partial charge in [-0.25, -0.2) is 8.42 Å². The number of benzene rings is 2. The van der Waals surface area contributed by atoms with Gasteiger partial charge in [-0.1, -0.05) is 42.0 Å². The monoisotopic (exact) mass is 491 g/mol. The highest BCUT2D eigenvalue weighted by Gasteiger charge is 2.33. The maximum Gasteiger partial charge on any atom is 0.224 e. The molecule has 3 aromatic rings. The zero-order chi connectivity index (χ0) is 25.0. The summed E-state index contributed by atoms with van der Waals surface area (Å²) in [7, 11) is -1.77. The molecule has 1 aliphatic rings. The Kier molecular flexibility index (Phi) is 7.67. The average molecular weight is 492 g/mol. The number of hydrogen-bond donors (Lipinski definition) is 0. The Morgan fingerprint density at radius 1 is 1.09 bits per heavy atom. The van der Waals surface area contributed by atoms with E-state index >= 15 is 0 Å². The Labute approximate surface area is 208 Å². The van der Waals surface area contributed by atoms with Crippen LogP contribution in [-0.2, 0) is 34.1 Å². The summed E-state index contributed by atoms with van der Waals surface area (Å²) < 4.78 is 28.0. The SMILES string of the molecule is CCN(Cc1ccccn1)C(=O)CC(c1ccc(C)cc1)S(=O)(=O)c1ccc2c(c1)CN(C)CC2. The molecule has 0 saturated heterocycles. The standard InChI is InChI=1S/C28H33N3O3S/c1-4-31(20-25-7-5-6-15-29-25)28(32)18-27(23-10-8-21(2)9-11-23)35(33,34)26-13-12-22-14-16-30(3)19-24(22)17-26/h5-13,15,17,27H,4,14,16,18-20H2,1-3H3. The predicted octanol–water partition coefficient (Wildman–Crippen LogP) is 4.33. The van der Waals surface area contributed by atoms with Crippen LogP contribution in [0.5, 0.6) is 0 Å². The highest BCUT2D eigenvalue weighted by molar-refractivity contribution is 7.91. The lowest BCUT2D eigenvalue weighted by molar-refractivity contribution is -0.131. The number of amides is 1. The van der Waals surface area contributed by atoms with Gasteiger partial charge in [-0.3, -0.25) is 9.78 Å². The zero-order valence-corrected chi connectivity index (χ0v) is 21.5. The number of aromatic nitrogens is 1. The second kappa shape index (κ2) is 10.7. The van der Waals surface area contributed by atoms with Gasteiger partial charge in [0.1, 0.15) is 0 Å². The first-order valence-corrected chi connectivity index (χ1v) is 13.6. The number of carbonyl (C=O) groups excluding carboxylic acids is 1. The minimum atomic E-state index is -3.81. The van der Waals surface area contributed by atoms with E-state index in [0.29, 0.717) is 18.7 Å². The first-order chi connectivity index (χ1) is 16.8. The topological polar surface area (TPSA) is 70.6 Å². The van der Waals surface area contributed by atoms with Crippen molar-refractivity contribution in [2.45, 2.75) is 49.9 Å². The summed E-state index contributed by atoms with van der Waals surface area (Å²) in [6.45, 7) is 6.37. The molecule has 0 bridgehead atoms. The fourth-order valence-corrected chi connectivity index (χ4v) is 6.33. The van der Waals surface area contributed by atoms with Crippen molar-refractivity contribution >= 4 is 15.7 Å². The number of sulfone groups is 1. The van der Waals surface area contributed by atoms with Crippen molar-refractivity contribution in [2.24, 2.45) is 0 Å². The van der Waals surface area contributed by atoms with E-state index in [0.717, 1.165) is 36.3 Å². The van der Waals surface area contributed by atoms with E-state index in [4.69, 9.17) is 0 Å². The van der Waals surface area contributed by atoms with Gasteiger partial charge in [-0.2, -0.15) is 0 Å². The molecule has 0 spiro atoms. The number of hydrogen-bond acceptors (Lipinski definition) is 5. The summed E-state index contributed by atoms with van der Waals surface area (Å²) in [5.41, 5.74) is 4.68. The van der Waals surface area contributed by atoms with Crippen LogP contribution in [0.2, 0.25) is 0 Å². The van der Waals surface area contributed by atoms with E-state index in [9.17, 15) is 13.2 Å². The first-order valence-electron chi connectivity index (χ1n) is 12.1. The van der Waals surface area contributed by atoms with Crippen LogP contribution >= 0.6 is 0 Å². The molecule has 2 aromatic carbocycles. The number of fused-ring (bicyclic) bond motifs is 1. The van der Waals surface area contributed by atoms with E-state index in [1.807, 2.05) is 69.4 Å². The van der Waals surface area contributed by atoms with Gasteiger partial charge in [0.2, 0.25) is 5.91 Å². The third-order valence-corrected chi connectivity index (χ3v) is 8.81. The molecule has 35 heavy (non-hydrogen) atoms. The third kappa shape index (κ3) is 5.80. The van der Waals surface area contributed by atoms with Gasteiger partial charge in [0.25, 0.3) is 0 Å². The second-order valence-electron chi connectivity index (χ2n) is 9.30. The molecular formula is C28H33N3O3S. The van der Waals surface area contributed by atoms with E-state index in [1.54, 1.807) is 23.2 Å². The van der Waals surface area contributed by atoms with Gasteiger partial charge in [0.15, 0.2) is 9.84 Å². The number of aryl methyl sites for hydroxylation is 1. The number of rotatable bonds is 8. The van der Waals surface area contributed by atoms with Crippen molar-refractivity contribution in [3.8, 4) is 0 Å². The molecule has 0 radical (unpaired) electrons. The maximum absolute atomic E-state index is 14.0. The van der Waals surface area contributed by atoms with Crippen molar-refractivity contribution in [2.75, 3.05) is 20.1 Å². The Hall–Kier alpha value is -3.03. The first kappa shape index (κ1) is 25.1. The number of carbonyl (C=O) groups is 1. The largest absolute Gasteiger partial charge is 0.337 e. The molecule has 1 atom stereocenters. The quantitative estimate of drug-likeness (QED) is 0.469. The lowest BCUT2D eigenvalue weighted by Gasteiger charge is -2.27. The molecule has 7 heteroatoms. The lowest BCUT2D eigenvalue weighted by atomic mass is 10.0. The Morgan fingerprint density at radius 3 is 2.54 bits per heavy atom. The van der Waals surface area contributed by atoms with Crippen molar-refractivity contribution in [1.82, 2.24) is 14.8 Å². The maximum atomic E-state index is 14.0. The Bertz CT molecular complexity index is 1270. The number of likely N-dealkylation sites (N-methyl/N-ethyl adjacent to an activating group) is 1. The molecule has 1 unspecified atom stereocenters. The third-order valence-electron chi connectivity index (χ3n) is 6.71. The predicted molar refractivity (Wildman–Crippen MR) is 138 cm³/mol. The molecule has 1 aliphatic heterocycles. The molecule has 0 saturated carbocycles. The normalized spacial score (nSPS) is 14.8. The summed E-state index contributed by atoms with van der Waals surface area (Å²) >= 11 is 0. The molecule has 4 rings (SSSR count). The van der Waals surface area contributed by atoms with Gasteiger partial charge in [-0.05, 0) is 68.3 Å². The van der Waals surface area contributed by atoms with Gasteiger partial charge in [-0.15, -0.1) is 0 Å². The molecular weight excluding hydrogens is 458 g/mol. The van der Waals surface area contributed by atoms with Crippen molar-refractivity contribution in [3.05, 3.63) is 94.8 Å². The van der Waals surface area contributed by atoms with E-state index in [2.05, 4.69) is 9.88 Å². The summed E-state index contributed by atoms with van der Waals surface area (Å²) in [5.74, 6) is -0.204. The number of nitrogens with zero attached hydrogens (tertiary/aromatic N) is 3. The molecule has 0 aliphatic carbocycles. The highest BCUT2D eigenvalue weighted by Crippen LogP contribution is 2.34. The fourth-order valence-electron chi connectivity index (χ4n) is 4.55. The van der Waals surface area contributed by atoms with Gasteiger partial charge < -0.3 is 9.80 Å².